The van der Waals surface area contributed by atoms with E-state index < -0.39 is 101 Å². The van der Waals surface area contributed by atoms with E-state index in [9.17, 15) is 28.8 Å². The first-order valence-corrected chi connectivity index (χ1v) is 14.3. The molecule has 0 aromatic rings. The second-order valence-electron chi connectivity index (χ2n) is 12.4. The number of epoxide rings is 1. The molecule has 2 heterocycles. The van der Waals surface area contributed by atoms with Gasteiger partial charge in [-0.25, -0.2) is 4.79 Å². The molecule has 4 aliphatic rings. The Bertz CT molecular complexity index is 1260. The largest absolute Gasteiger partial charge is 0.462 e. The minimum atomic E-state index is -1.52. The number of carbonyl (C=O) groups excluding carboxylic acids is 6. The molecule has 13 nitrogen and oxygen atoms in total. The van der Waals surface area contributed by atoms with E-state index in [1.165, 1.54) is 34.6 Å². The van der Waals surface area contributed by atoms with Crippen molar-refractivity contribution in [1.29, 1.82) is 0 Å². The molecule has 2 aliphatic carbocycles. The number of ether oxygens (including phenoxy) is 7. The fourth-order valence-electron chi connectivity index (χ4n) is 7.67. The summed E-state index contributed by atoms with van der Waals surface area (Å²) in [6.07, 6.45) is -4.94. The Hall–Kier alpha value is -3.48. The predicted octanol–water partition coefficient (Wildman–Crippen LogP) is 2.11. The van der Waals surface area contributed by atoms with E-state index in [4.69, 9.17) is 33.2 Å². The van der Waals surface area contributed by atoms with Gasteiger partial charge < -0.3 is 33.2 Å². The van der Waals surface area contributed by atoms with E-state index in [-0.39, 0.29) is 12.8 Å². The van der Waals surface area contributed by atoms with Gasteiger partial charge in [-0.05, 0) is 19.9 Å². The van der Waals surface area contributed by atoms with E-state index in [2.05, 4.69) is 0 Å². The fraction of sp³-hybridized carbons (Fsp3) is 0.733. The maximum absolute atomic E-state index is 13.2. The van der Waals surface area contributed by atoms with Crippen LogP contribution in [0.1, 0.15) is 75.2 Å². The Morgan fingerprint density at radius 1 is 0.791 bits per heavy atom. The van der Waals surface area contributed by atoms with E-state index >= 15 is 0 Å². The molecule has 2 aliphatic heterocycles. The van der Waals surface area contributed by atoms with Crippen LogP contribution >= 0.6 is 0 Å². The zero-order chi connectivity index (χ0) is 32.2. The minimum Gasteiger partial charge on any atom is -0.462 e. The lowest BCUT2D eigenvalue weighted by Crippen LogP contribution is -2.68. The van der Waals surface area contributed by atoms with Crippen LogP contribution in [-0.4, -0.2) is 83.6 Å². The van der Waals surface area contributed by atoms with Crippen molar-refractivity contribution in [2.75, 3.05) is 0 Å². The van der Waals surface area contributed by atoms with Gasteiger partial charge in [0.05, 0.1) is 5.41 Å². The molecule has 0 N–H and O–H groups in total. The quantitative estimate of drug-likeness (QED) is 0.193. The molecular formula is C30H40O13. The second kappa shape index (κ2) is 11.2. The summed E-state index contributed by atoms with van der Waals surface area (Å²) in [7, 11) is 0. The summed E-state index contributed by atoms with van der Waals surface area (Å²) in [6, 6.07) is 0. The molecule has 0 unspecified atom stereocenters. The summed E-state index contributed by atoms with van der Waals surface area (Å²) >= 11 is 0. The number of hydrogen-bond acceptors (Lipinski definition) is 13. The van der Waals surface area contributed by atoms with Crippen LogP contribution < -0.4 is 0 Å². The van der Waals surface area contributed by atoms with Crippen LogP contribution in [0.15, 0.2) is 11.6 Å². The van der Waals surface area contributed by atoms with Crippen LogP contribution in [0.4, 0.5) is 0 Å². The van der Waals surface area contributed by atoms with Crippen molar-refractivity contribution in [1.82, 2.24) is 0 Å². The average molecular weight is 609 g/mol. The average Bonchev–Trinajstić information content (AvgIpc) is 3.44. The monoisotopic (exact) mass is 608 g/mol. The fourth-order valence-corrected chi connectivity index (χ4v) is 7.67. The Morgan fingerprint density at radius 2 is 1.30 bits per heavy atom. The van der Waals surface area contributed by atoms with Gasteiger partial charge in [-0.2, -0.15) is 0 Å². The maximum atomic E-state index is 13.2. The van der Waals surface area contributed by atoms with Crippen LogP contribution in [0.2, 0.25) is 0 Å². The van der Waals surface area contributed by atoms with Gasteiger partial charge in [0, 0.05) is 59.3 Å². The van der Waals surface area contributed by atoms with Gasteiger partial charge in [0.15, 0.2) is 17.3 Å². The number of carbonyl (C=O) groups is 6. The molecule has 3 fully saturated rings. The van der Waals surface area contributed by atoms with Crippen LogP contribution in [0.25, 0.3) is 0 Å². The molecule has 1 spiro atoms. The number of fused-ring (bicyclic) bond motifs is 1. The third-order valence-electron chi connectivity index (χ3n) is 9.32. The second-order valence-corrected chi connectivity index (χ2v) is 12.4. The summed E-state index contributed by atoms with van der Waals surface area (Å²) in [5.74, 6) is -5.64. The minimum absolute atomic E-state index is 0.0104. The van der Waals surface area contributed by atoms with Gasteiger partial charge in [0.2, 0.25) is 0 Å². The lowest BCUT2D eigenvalue weighted by molar-refractivity contribution is -0.247. The molecule has 0 aromatic carbocycles. The van der Waals surface area contributed by atoms with Crippen LogP contribution in [-0.2, 0) is 61.9 Å². The third-order valence-corrected chi connectivity index (χ3v) is 9.32. The highest BCUT2D eigenvalue weighted by atomic mass is 16.7. The highest BCUT2D eigenvalue weighted by Gasteiger charge is 2.87. The Balaban J connectivity index is 2.09. The van der Waals surface area contributed by atoms with Crippen molar-refractivity contribution in [3.8, 4) is 0 Å². The van der Waals surface area contributed by atoms with Crippen LogP contribution in [0.5, 0.6) is 0 Å². The molecule has 13 heteroatoms. The van der Waals surface area contributed by atoms with Crippen molar-refractivity contribution in [2.24, 2.45) is 17.3 Å². The van der Waals surface area contributed by atoms with Crippen LogP contribution in [0.3, 0.4) is 0 Å². The molecule has 0 bridgehead atoms. The number of hydrogen-bond donors (Lipinski definition) is 0. The molecule has 1 saturated carbocycles. The van der Waals surface area contributed by atoms with Crippen molar-refractivity contribution in [3.05, 3.63) is 11.6 Å². The summed E-state index contributed by atoms with van der Waals surface area (Å²) in [4.78, 5) is 75.9. The van der Waals surface area contributed by atoms with Crippen LogP contribution in [0, 0.1) is 17.3 Å². The molecule has 2 saturated heterocycles. The van der Waals surface area contributed by atoms with Gasteiger partial charge in [0.1, 0.15) is 30.5 Å². The standard InChI is InChI=1S/C30H40O13/c1-13-10-21(38-16(4)32)25(40-18(6)34)28(8)22(39-17(5)33)12-20(37-15(3)31)14(2)24(28)26(41-19(7)35)30-23(11-13)42-27(36)29(30,9)43-30/h11,14,20-26H,10,12H2,1-9H3/b13-11-/t14-,20-,21-,22-,23-,24+,25-,26+,28-,29-,30-/m0/s1. The van der Waals surface area contributed by atoms with Crippen molar-refractivity contribution < 1.29 is 61.9 Å². The maximum Gasteiger partial charge on any atom is 0.342 e. The van der Waals surface area contributed by atoms with E-state index in [0.29, 0.717) is 5.57 Å². The summed E-state index contributed by atoms with van der Waals surface area (Å²) in [5.41, 5.74) is -3.89. The van der Waals surface area contributed by atoms with E-state index in [0.717, 1.165) is 0 Å². The first-order chi connectivity index (χ1) is 19.9. The van der Waals surface area contributed by atoms with Gasteiger partial charge in [-0.15, -0.1) is 0 Å². The SMILES string of the molecule is CC(=O)O[C@H]1C[C@H](OC(C)=O)[C@@]2(C)[C@H]([C@H]1C)[C@@H](OC(C)=O)[C@]13O[C@@]1(C)C(=O)O[C@H]3/C=C(/C)C[C@H](OC(C)=O)[C@@H]2OC(C)=O. The van der Waals surface area contributed by atoms with Crippen molar-refractivity contribution in [3.63, 3.8) is 0 Å². The Morgan fingerprint density at radius 3 is 1.81 bits per heavy atom. The topological polar surface area (TPSA) is 170 Å². The molecule has 43 heavy (non-hydrogen) atoms. The van der Waals surface area contributed by atoms with E-state index in [1.807, 2.05) is 0 Å². The molecular weight excluding hydrogens is 568 g/mol. The third kappa shape index (κ3) is 5.40. The molecule has 4 rings (SSSR count). The lowest BCUT2D eigenvalue weighted by atomic mass is 9.52. The molecule has 0 radical (unpaired) electrons. The predicted molar refractivity (Wildman–Crippen MR) is 144 cm³/mol. The number of esters is 6. The molecule has 0 aromatic heterocycles. The molecule has 11 atom stereocenters. The van der Waals surface area contributed by atoms with Gasteiger partial charge in [-0.1, -0.05) is 19.4 Å². The van der Waals surface area contributed by atoms with Gasteiger partial charge >= 0.3 is 35.8 Å². The summed E-state index contributed by atoms with van der Waals surface area (Å²) in [6.45, 7) is 12.8. The van der Waals surface area contributed by atoms with Gasteiger partial charge in [-0.3, -0.25) is 24.0 Å². The molecule has 0 amide bonds. The zero-order valence-corrected chi connectivity index (χ0v) is 25.9. The molecule has 238 valence electrons. The highest BCUT2D eigenvalue weighted by molar-refractivity contribution is 5.89. The number of rotatable bonds is 5. The lowest BCUT2D eigenvalue weighted by Gasteiger charge is -2.57. The smallest absolute Gasteiger partial charge is 0.342 e. The first kappa shape index (κ1) is 32.4. The van der Waals surface area contributed by atoms with Crippen molar-refractivity contribution in [2.45, 2.75) is 123 Å². The highest BCUT2D eigenvalue weighted by Crippen LogP contribution is 2.66. The first-order valence-electron chi connectivity index (χ1n) is 14.3. The van der Waals surface area contributed by atoms with Crippen molar-refractivity contribution >= 4 is 35.8 Å². The van der Waals surface area contributed by atoms with Gasteiger partial charge in [0.25, 0.3) is 0 Å². The Kier molecular flexibility index (Phi) is 8.46. The van der Waals surface area contributed by atoms with E-state index in [1.54, 1.807) is 33.8 Å². The normalized spacial score (nSPS) is 42.7. The Labute approximate surface area is 249 Å². The zero-order valence-electron chi connectivity index (χ0n) is 25.9. The summed E-state index contributed by atoms with van der Waals surface area (Å²) < 4.78 is 41.4. The summed E-state index contributed by atoms with van der Waals surface area (Å²) in [5, 5.41) is 0.